The molecule has 1 rings (SSSR count). The molecule has 2 N–H and O–H groups in total. The molecule has 0 aromatic heterocycles. The second kappa shape index (κ2) is 4.82. The predicted molar refractivity (Wildman–Crippen MR) is 50.5 cm³/mol. The van der Waals surface area contributed by atoms with Gasteiger partial charge in [0.2, 0.25) is 0 Å². The standard InChI is InChI=1S/C10H14FNO/c1-13-10-5-3-2-4-8(10)9(11)6-7-12/h2-5,9H,6-7,12H2,1H3. The van der Waals surface area contributed by atoms with E-state index in [0.29, 0.717) is 24.3 Å². The van der Waals surface area contributed by atoms with E-state index in [1.165, 1.54) is 7.11 Å². The number of hydrogen-bond donors (Lipinski definition) is 1. The monoisotopic (exact) mass is 183 g/mol. The number of ether oxygens (including phenoxy) is 1. The van der Waals surface area contributed by atoms with Crippen LogP contribution in [0.25, 0.3) is 0 Å². The van der Waals surface area contributed by atoms with Gasteiger partial charge in [-0.15, -0.1) is 0 Å². The molecule has 0 saturated heterocycles. The van der Waals surface area contributed by atoms with Gasteiger partial charge in [0.25, 0.3) is 0 Å². The van der Waals surface area contributed by atoms with E-state index in [1.54, 1.807) is 18.2 Å². The van der Waals surface area contributed by atoms with Gasteiger partial charge in [0.05, 0.1) is 7.11 Å². The highest BCUT2D eigenvalue weighted by Gasteiger charge is 2.12. The molecule has 0 bridgehead atoms. The van der Waals surface area contributed by atoms with Crippen molar-refractivity contribution in [3.8, 4) is 5.75 Å². The fraction of sp³-hybridized carbons (Fsp3) is 0.400. The Kier molecular flexibility index (Phi) is 3.71. The molecule has 0 aliphatic rings. The Balaban J connectivity index is 2.85. The maximum atomic E-state index is 13.4. The number of halogens is 1. The van der Waals surface area contributed by atoms with Crippen LogP contribution in [0.5, 0.6) is 5.75 Å². The van der Waals surface area contributed by atoms with E-state index in [0.717, 1.165) is 0 Å². The summed E-state index contributed by atoms with van der Waals surface area (Å²) in [6.07, 6.45) is -0.693. The summed E-state index contributed by atoms with van der Waals surface area (Å²) < 4.78 is 18.5. The molecule has 1 aromatic carbocycles. The molecule has 3 heteroatoms. The molecule has 0 radical (unpaired) electrons. The molecule has 1 unspecified atom stereocenters. The number of alkyl halides is 1. The molecule has 0 fully saturated rings. The van der Waals surface area contributed by atoms with Crippen molar-refractivity contribution in [2.75, 3.05) is 13.7 Å². The highest BCUT2D eigenvalue weighted by molar-refractivity contribution is 5.34. The zero-order chi connectivity index (χ0) is 9.68. The Morgan fingerprint density at radius 3 is 2.77 bits per heavy atom. The van der Waals surface area contributed by atoms with Crippen molar-refractivity contribution in [2.24, 2.45) is 5.73 Å². The quantitative estimate of drug-likeness (QED) is 0.775. The van der Waals surface area contributed by atoms with E-state index in [-0.39, 0.29) is 0 Å². The second-order valence-electron chi connectivity index (χ2n) is 2.79. The minimum Gasteiger partial charge on any atom is -0.496 e. The van der Waals surface area contributed by atoms with Crippen LogP contribution in [0.4, 0.5) is 4.39 Å². The van der Waals surface area contributed by atoms with E-state index in [9.17, 15) is 4.39 Å². The first-order chi connectivity index (χ1) is 6.29. The van der Waals surface area contributed by atoms with Crippen molar-refractivity contribution in [3.63, 3.8) is 0 Å². The largest absolute Gasteiger partial charge is 0.496 e. The third-order valence-electron chi connectivity index (χ3n) is 1.90. The third-order valence-corrected chi connectivity index (χ3v) is 1.90. The van der Waals surface area contributed by atoms with E-state index >= 15 is 0 Å². The summed E-state index contributed by atoms with van der Waals surface area (Å²) in [6, 6.07) is 7.08. The van der Waals surface area contributed by atoms with E-state index in [1.807, 2.05) is 6.07 Å². The first kappa shape index (κ1) is 9.99. The van der Waals surface area contributed by atoms with Gasteiger partial charge < -0.3 is 10.5 Å². The van der Waals surface area contributed by atoms with Gasteiger partial charge in [0.1, 0.15) is 11.9 Å². The summed E-state index contributed by atoms with van der Waals surface area (Å²) in [5.41, 5.74) is 5.86. The van der Waals surface area contributed by atoms with Gasteiger partial charge in [0.15, 0.2) is 0 Å². The number of nitrogens with two attached hydrogens (primary N) is 1. The summed E-state index contributed by atoms with van der Waals surface area (Å²) >= 11 is 0. The Hall–Kier alpha value is -1.09. The molecule has 0 aliphatic carbocycles. The number of methoxy groups -OCH3 is 1. The van der Waals surface area contributed by atoms with Crippen molar-refractivity contribution in [1.29, 1.82) is 0 Å². The molecule has 1 aromatic rings. The summed E-state index contributed by atoms with van der Waals surface area (Å²) in [6.45, 7) is 0.346. The number of benzene rings is 1. The van der Waals surface area contributed by atoms with Crippen LogP contribution >= 0.6 is 0 Å². The van der Waals surface area contributed by atoms with Crippen LogP contribution in [0.1, 0.15) is 18.2 Å². The molecule has 72 valence electrons. The Labute approximate surface area is 77.5 Å². The minimum absolute atomic E-state index is 0.334. The van der Waals surface area contributed by atoms with Gasteiger partial charge in [0, 0.05) is 5.56 Å². The normalized spacial score (nSPS) is 12.5. The van der Waals surface area contributed by atoms with Gasteiger partial charge in [-0.2, -0.15) is 0 Å². The number of para-hydroxylation sites is 1. The van der Waals surface area contributed by atoms with Crippen LogP contribution in [0, 0.1) is 0 Å². The fourth-order valence-electron chi connectivity index (χ4n) is 1.23. The Morgan fingerprint density at radius 1 is 1.46 bits per heavy atom. The second-order valence-corrected chi connectivity index (χ2v) is 2.79. The van der Waals surface area contributed by atoms with Crippen LogP contribution in [-0.4, -0.2) is 13.7 Å². The van der Waals surface area contributed by atoms with Crippen LogP contribution < -0.4 is 10.5 Å². The summed E-state index contributed by atoms with van der Waals surface area (Å²) in [4.78, 5) is 0. The lowest BCUT2D eigenvalue weighted by molar-refractivity contribution is 0.311. The maximum Gasteiger partial charge on any atom is 0.130 e. The highest BCUT2D eigenvalue weighted by atomic mass is 19.1. The molecule has 0 spiro atoms. The van der Waals surface area contributed by atoms with Gasteiger partial charge in [-0.05, 0) is 19.0 Å². The number of hydrogen-bond acceptors (Lipinski definition) is 2. The first-order valence-electron chi connectivity index (χ1n) is 4.26. The molecule has 0 amide bonds. The molecule has 0 aliphatic heterocycles. The average molecular weight is 183 g/mol. The smallest absolute Gasteiger partial charge is 0.130 e. The number of rotatable bonds is 4. The maximum absolute atomic E-state index is 13.4. The van der Waals surface area contributed by atoms with Crippen molar-refractivity contribution in [3.05, 3.63) is 29.8 Å². The van der Waals surface area contributed by atoms with E-state index in [4.69, 9.17) is 10.5 Å². The molecule has 0 saturated carbocycles. The average Bonchev–Trinajstić information content (AvgIpc) is 2.18. The molecule has 2 nitrogen and oxygen atoms in total. The molecular weight excluding hydrogens is 169 g/mol. The predicted octanol–water partition coefficient (Wildman–Crippen LogP) is 2.05. The summed E-state index contributed by atoms with van der Waals surface area (Å²) in [7, 11) is 1.54. The fourth-order valence-corrected chi connectivity index (χ4v) is 1.23. The van der Waals surface area contributed by atoms with Crippen LogP contribution in [0.15, 0.2) is 24.3 Å². The lowest BCUT2D eigenvalue weighted by atomic mass is 10.1. The molecule has 1 atom stereocenters. The van der Waals surface area contributed by atoms with E-state index < -0.39 is 6.17 Å². The van der Waals surface area contributed by atoms with E-state index in [2.05, 4.69) is 0 Å². The first-order valence-corrected chi connectivity index (χ1v) is 4.26. The lowest BCUT2D eigenvalue weighted by Gasteiger charge is -2.11. The van der Waals surface area contributed by atoms with Crippen molar-refractivity contribution in [2.45, 2.75) is 12.6 Å². The summed E-state index contributed by atoms with van der Waals surface area (Å²) in [5.74, 6) is 0.587. The topological polar surface area (TPSA) is 35.2 Å². The molecule has 13 heavy (non-hydrogen) atoms. The van der Waals surface area contributed by atoms with Crippen molar-refractivity contribution < 1.29 is 9.13 Å². The molecular formula is C10H14FNO. The van der Waals surface area contributed by atoms with Crippen molar-refractivity contribution in [1.82, 2.24) is 0 Å². The van der Waals surface area contributed by atoms with Crippen LogP contribution in [0.2, 0.25) is 0 Å². The summed E-state index contributed by atoms with van der Waals surface area (Å²) in [5, 5.41) is 0. The van der Waals surface area contributed by atoms with Gasteiger partial charge in [-0.3, -0.25) is 0 Å². The Morgan fingerprint density at radius 2 is 2.15 bits per heavy atom. The van der Waals surface area contributed by atoms with Crippen molar-refractivity contribution >= 4 is 0 Å². The Bertz CT molecular complexity index is 265. The highest BCUT2D eigenvalue weighted by Crippen LogP contribution is 2.29. The zero-order valence-electron chi connectivity index (χ0n) is 7.66. The van der Waals surface area contributed by atoms with Gasteiger partial charge in [-0.25, -0.2) is 4.39 Å². The van der Waals surface area contributed by atoms with Gasteiger partial charge >= 0.3 is 0 Å². The lowest BCUT2D eigenvalue weighted by Crippen LogP contribution is -2.04. The molecule has 0 heterocycles. The van der Waals surface area contributed by atoms with Crippen LogP contribution in [0.3, 0.4) is 0 Å². The van der Waals surface area contributed by atoms with Gasteiger partial charge in [-0.1, -0.05) is 18.2 Å². The minimum atomic E-state index is -1.03. The third kappa shape index (κ3) is 2.42. The SMILES string of the molecule is COc1ccccc1C(F)CCN. The zero-order valence-corrected chi connectivity index (χ0v) is 7.66. The van der Waals surface area contributed by atoms with Crippen LogP contribution in [-0.2, 0) is 0 Å².